The molecule has 0 amide bonds. The maximum Gasteiger partial charge on any atom is 0.337 e. The van der Waals surface area contributed by atoms with Crippen LogP contribution in [-0.2, 0) is 4.74 Å². The van der Waals surface area contributed by atoms with E-state index < -0.39 is 5.97 Å². The third kappa shape index (κ3) is 4.63. The van der Waals surface area contributed by atoms with Crippen LogP contribution in [0, 0.1) is 5.41 Å². The van der Waals surface area contributed by atoms with Crippen molar-refractivity contribution in [2.75, 3.05) is 33.3 Å². The molecule has 2 rings (SSSR count). The van der Waals surface area contributed by atoms with Crippen molar-refractivity contribution in [2.45, 2.75) is 0 Å². The molecule has 0 fully saturated rings. The van der Waals surface area contributed by atoms with E-state index in [-0.39, 0.29) is 12.4 Å². The molecule has 132 valence electrons. The van der Waals surface area contributed by atoms with Gasteiger partial charge in [0, 0.05) is 0 Å². The van der Waals surface area contributed by atoms with E-state index in [0.717, 1.165) is 0 Å². The molecule has 0 aromatic heterocycles. The molecule has 2 aromatic rings. The average molecular weight is 344 g/mol. The van der Waals surface area contributed by atoms with Gasteiger partial charge in [-0.1, -0.05) is 12.1 Å². The first-order valence-corrected chi connectivity index (χ1v) is 7.45. The molecular formula is C18H20N2O5. The number of nitrogens with one attached hydrogen (secondary N) is 2. The fourth-order valence-electron chi connectivity index (χ4n) is 2.14. The van der Waals surface area contributed by atoms with Crippen molar-refractivity contribution >= 4 is 17.5 Å². The Bertz CT molecular complexity index is 761. The summed E-state index contributed by atoms with van der Waals surface area (Å²) in [6.45, 7) is -0.00796. The molecule has 0 saturated heterocycles. The molecular weight excluding hydrogens is 324 g/mol. The van der Waals surface area contributed by atoms with Crippen LogP contribution in [-0.4, -0.2) is 39.7 Å². The van der Waals surface area contributed by atoms with Crippen molar-refractivity contribution in [2.24, 2.45) is 0 Å². The molecule has 0 aliphatic carbocycles. The summed E-state index contributed by atoms with van der Waals surface area (Å²) in [5, 5.41) is 10.9. The van der Waals surface area contributed by atoms with E-state index in [1.54, 1.807) is 37.4 Å². The highest BCUT2D eigenvalue weighted by molar-refractivity contribution is 5.98. The second kappa shape index (κ2) is 8.58. The summed E-state index contributed by atoms with van der Waals surface area (Å²) in [6, 6.07) is 12.0. The molecule has 0 aliphatic heterocycles. The molecule has 7 nitrogen and oxygen atoms in total. The Morgan fingerprint density at radius 2 is 1.68 bits per heavy atom. The van der Waals surface area contributed by atoms with Crippen LogP contribution in [0.3, 0.4) is 0 Å². The minimum Gasteiger partial charge on any atom is -0.495 e. The molecule has 7 heteroatoms. The Hall–Kier alpha value is -3.22. The van der Waals surface area contributed by atoms with Crippen molar-refractivity contribution in [3.63, 3.8) is 0 Å². The lowest BCUT2D eigenvalue weighted by molar-refractivity contribution is 0.0601. The number of para-hydroxylation sites is 2. The number of methoxy groups -OCH3 is 3. The first-order valence-electron chi connectivity index (χ1n) is 7.45. The van der Waals surface area contributed by atoms with E-state index in [9.17, 15) is 4.79 Å². The van der Waals surface area contributed by atoms with Crippen LogP contribution in [0.15, 0.2) is 42.5 Å². The fourth-order valence-corrected chi connectivity index (χ4v) is 2.14. The van der Waals surface area contributed by atoms with Crippen LogP contribution in [0.2, 0.25) is 0 Å². The number of amidine groups is 1. The largest absolute Gasteiger partial charge is 0.495 e. The topological polar surface area (TPSA) is 89.9 Å². The zero-order valence-corrected chi connectivity index (χ0v) is 14.3. The van der Waals surface area contributed by atoms with Crippen LogP contribution < -0.4 is 19.5 Å². The van der Waals surface area contributed by atoms with Gasteiger partial charge in [-0.15, -0.1) is 0 Å². The monoisotopic (exact) mass is 344 g/mol. The van der Waals surface area contributed by atoms with Gasteiger partial charge in [0.05, 0.1) is 32.6 Å². The minimum absolute atomic E-state index is 0.00796. The van der Waals surface area contributed by atoms with Crippen molar-refractivity contribution in [1.29, 1.82) is 5.41 Å². The highest BCUT2D eigenvalue weighted by atomic mass is 16.5. The van der Waals surface area contributed by atoms with Crippen LogP contribution in [0.1, 0.15) is 10.4 Å². The lowest BCUT2D eigenvalue weighted by atomic mass is 10.2. The Kier molecular flexibility index (Phi) is 6.22. The Morgan fingerprint density at radius 1 is 1.00 bits per heavy atom. The molecule has 0 heterocycles. The first kappa shape index (κ1) is 18.1. The molecule has 0 atom stereocenters. The number of hydrogen-bond acceptors (Lipinski definition) is 6. The molecule has 0 spiro atoms. The summed E-state index contributed by atoms with van der Waals surface area (Å²) in [6.07, 6.45) is 0. The molecule has 25 heavy (non-hydrogen) atoms. The molecule has 2 N–H and O–H groups in total. The average Bonchev–Trinajstić information content (AvgIpc) is 2.65. The summed E-state index contributed by atoms with van der Waals surface area (Å²) in [5.74, 6) is 1.23. The van der Waals surface area contributed by atoms with Gasteiger partial charge in [0.15, 0.2) is 11.5 Å². The second-order valence-corrected chi connectivity index (χ2v) is 4.95. The lowest BCUT2D eigenvalue weighted by Crippen LogP contribution is -2.20. The SMILES string of the molecule is COC(=O)c1ccc(OC)c(NC(=N)COc2ccccc2OC)c1. The smallest absolute Gasteiger partial charge is 0.337 e. The predicted octanol–water partition coefficient (Wildman–Crippen LogP) is 2.96. The zero-order chi connectivity index (χ0) is 18.2. The first-order chi connectivity index (χ1) is 12.1. The summed E-state index contributed by atoms with van der Waals surface area (Å²) < 4.78 is 20.7. The number of benzene rings is 2. The van der Waals surface area contributed by atoms with Crippen LogP contribution in [0.25, 0.3) is 0 Å². The predicted molar refractivity (Wildman–Crippen MR) is 94.2 cm³/mol. The van der Waals surface area contributed by atoms with Gasteiger partial charge < -0.3 is 24.3 Å². The van der Waals surface area contributed by atoms with E-state index in [0.29, 0.717) is 28.5 Å². The van der Waals surface area contributed by atoms with Crippen molar-refractivity contribution in [3.8, 4) is 17.2 Å². The minimum atomic E-state index is -0.470. The van der Waals surface area contributed by atoms with Gasteiger partial charge in [-0.3, -0.25) is 5.41 Å². The van der Waals surface area contributed by atoms with Crippen LogP contribution >= 0.6 is 0 Å². The van der Waals surface area contributed by atoms with Crippen LogP contribution in [0.4, 0.5) is 5.69 Å². The third-order valence-electron chi connectivity index (χ3n) is 3.35. The van der Waals surface area contributed by atoms with Crippen molar-refractivity contribution < 1.29 is 23.7 Å². The van der Waals surface area contributed by atoms with E-state index >= 15 is 0 Å². The number of carbonyl (C=O) groups excluding carboxylic acids is 1. The van der Waals surface area contributed by atoms with Gasteiger partial charge in [-0.05, 0) is 30.3 Å². The highest BCUT2D eigenvalue weighted by Crippen LogP contribution is 2.27. The quantitative estimate of drug-likeness (QED) is 0.456. The van der Waals surface area contributed by atoms with Gasteiger partial charge in [0.1, 0.15) is 18.2 Å². The Labute approximate surface area is 146 Å². The van der Waals surface area contributed by atoms with E-state index in [1.165, 1.54) is 14.2 Å². The summed E-state index contributed by atoms with van der Waals surface area (Å²) >= 11 is 0. The van der Waals surface area contributed by atoms with Crippen molar-refractivity contribution in [1.82, 2.24) is 0 Å². The molecule has 0 bridgehead atoms. The van der Waals surface area contributed by atoms with E-state index in [4.69, 9.17) is 24.4 Å². The molecule has 2 aromatic carbocycles. The van der Waals surface area contributed by atoms with Gasteiger partial charge >= 0.3 is 5.97 Å². The third-order valence-corrected chi connectivity index (χ3v) is 3.35. The maximum absolute atomic E-state index is 11.6. The Morgan fingerprint density at radius 3 is 2.32 bits per heavy atom. The number of carbonyl (C=O) groups is 1. The fraction of sp³-hybridized carbons (Fsp3) is 0.222. The van der Waals surface area contributed by atoms with Gasteiger partial charge in [-0.2, -0.15) is 0 Å². The summed E-state index contributed by atoms with van der Waals surface area (Å²) in [7, 11) is 4.37. The molecule has 0 saturated carbocycles. The lowest BCUT2D eigenvalue weighted by Gasteiger charge is -2.14. The van der Waals surface area contributed by atoms with Crippen LogP contribution in [0.5, 0.6) is 17.2 Å². The normalized spacial score (nSPS) is 9.88. The van der Waals surface area contributed by atoms with E-state index in [1.807, 2.05) is 12.1 Å². The molecule has 0 radical (unpaired) electrons. The molecule has 0 aliphatic rings. The number of ether oxygens (including phenoxy) is 4. The summed E-state index contributed by atoms with van der Waals surface area (Å²) in [5.41, 5.74) is 0.822. The standard InChI is InChI=1S/C18H20N2O5/c1-22-14-9-8-12(18(21)24-3)10-13(14)20-17(19)11-25-16-7-5-4-6-15(16)23-2/h4-10H,11H2,1-3H3,(H2,19,20). The van der Waals surface area contributed by atoms with Gasteiger partial charge in [0.25, 0.3) is 0 Å². The number of hydrogen-bond donors (Lipinski definition) is 2. The second-order valence-electron chi connectivity index (χ2n) is 4.95. The Balaban J connectivity index is 2.08. The van der Waals surface area contributed by atoms with E-state index in [2.05, 4.69) is 5.32 Å². The molecule has 0 unspecified atom stereocenters. The summed E-state index contributed by atoms with van der Waals surface area (Å²) in [4.78, 5) is 11.6. The van der Waals surface area contributed by atoms with Gasteiger partial charge in [0.2, 0.25) is 0 Å². The number of esters is 1. The van der Waals surface area contributed by atoms with Crippen molar-refractivity contribution in [3.05, 3.63) is 48.0 Å². The highest BCUT2D eigenvalue weighted by Gasteiger charge is 2.12. The number of anilines is 1. The maximum atomic E-state index is 11.6. The zero-order valence-electron chi connectivity index (χ0n) is 14.3. The number of rotatable bonds is 7. The van der Waals surface area contributed by atoms with Gasteiger partial charge in [-0.25, -0.2) is 4.79 Å².